The van der Waals surface area contributed by atoms with Crippen LogP contribution < -0.4 is 4.74 Å². The van der Waals surface area contributed by atoms with E-state index in [1.165, 1.54) is 0 Å². The van der Waals surface area contributed by atoms with Crippen LogP contribution in [0.3, 0.4) is 0 Å². The maximum Gasteiger partial charge on any atom is 0.255 e. The van der Waals surface area contributed by atoms with Crippen LogP contribution in [0.4, 0.5) is 0 Å². The molecule has 3 aromatic rings. The minimum absolute atomic E-state index is 0.0550. The Kier molecular flexibility index (Phi) is 6.62. The standard InChI is InChI=1S/C28H27BrN2O4/c1-31-18-22-6-3-2-5-21(22)17-28(27(31)33)25(19-7-11-23(29)12-8-19)35-26(30-28)20-9-13-24(14-10-20)34-16-4-15-32/h2-3,5-14,25,32H,4,15-18H2,1H3/t25-,28-/m1/s1. The summed E-state index contributed by atoms with van der Waals surface area (Å²) in [6, 6.07) is 23.5. The van der Waals surface area contributed by atoms with Gasteiger partial charge in [-0.25, -0.2) is 4.99 Å². The number of fused-ring (bicyclic) bond motifs is 1. The maximum absolute atomic E-state index is 14.0. The Morgan fingerprint density at radius 2 is 1.80 bits per heavy atom. The summed E-state index contributed by atoms with van der Waals surface area (Å²) >= 11 is 3.50. The zero-order valence-corrected chi connectivity index (χ0v) is 21.1. The number of amides is 1. The number of rotatable bonds is 6. The van der Waals surface area contributed by atoms with E-state index in [1.807, 2.05) is 67.7 Å². The molecule has 0 saturated carbocycles. The lowest BCUT2D eigenvalue weighted by atomic mass is 9.82. The summed E-state index contributed by atoms with van der Waals surface area (Å²) in [6.07, 6.45) is 0.470. The molecule has 2 aliphatic heterocycles. The van der Waals surface area contributed by atoms with Gasteiger partial charge in [-0.15, -0.1) is 0 Å². The molecule has 6 nitrogen and oxygen atoms in total. The number of hydrogen-bond acceptors (Lipinski definition) is 5. The Hall–Kier alpha value is -3.16. The smallest absolute Gasteiger partial charge is 0.255 e. The van der Waals surface area contributed by atoms with Gasteiger partial charge in [0.1, 0.15) is 5.75 Å². The first kappa shape index (κ1) is 23.6. The summed E-state index contributed by atoms with van der Waals surface area (Å²) in [4.78, 5) is 20.8. The average molecular weight is 535 g/mol. The van der Waals surface area contributed by atoms with Crippen LogP contribution >= 0.6 is 15.9 Å². The van der Waals surface area contributed by atoms with Crippen molar-refractivity contribution in [2.75, 3.05) is 20.3 Å². The monoisotopic (exact) mass is 534 g/mol. The molecule has 0 bridgehead atoms. The van der Waals surface area contributed by atoms with Crippen molar-refractivity contribution in [2.24, 2.45) is 4.99 Å². The number of aliphatic imine (C=N–C) groups is 1. The Bertz CT molecular complexity index is 1240. The summed E-state index contributed by atoms with van der Waals surface area (Å²) in [5, 5.41) is 8.96. The molecule has 0 radical (unpaired) electrons. The number of hydrogen-bond donors (Lipinski definition) is 1. The van der Waals surface area contributed by atoms with Gasteiger partial charge in [-0.1, -0.05) is 52.3 Å². The Morgan fingerprint density at radius 1 is 1.09 bits per heavy atom. The zero-order valence-electron chi connectivity index (χ0n) is 19.5. The van der Waals surface area contributed by atoms with Gasteiger partial charge in [0.2, 0.25) is 5.90 Å². The molecule has 2 aliphatic rings. The van der Waals surface area contributed by atoms with Gasteiger partial charge in [-0.3, -0.25) is 4.79 Å². The predicted molar refractivity (Wildman–Crippen MR) is 137 cm³/mol. The van der Waals surface area contributed by atoms with E-state index in [4.69, 9.17) is 19.6 Å². The Labute approximate surface area is 213 Å². The molecule has 1 spiro atoms. The minimum atomic E-state index is -1.11. The molecule has 5 rings (SSSR count). The Balaban J connectivity index is 1.56. The summed E-state index contributed by atoms with van der Waals surface area (Å²) < 4.78 is 13.1. The van der Waals surface area contributed by atoms with Crippen LogP contribution in [-0.2, 0) is 22.5 Å². The molecule has 0 aliphatic carbocycles. The molecule has 180 valence electrons. The highest BCUT2D eigenvalue weighted by Gasteiger charge is 2.55. The first-order chi connectivity index (χ1) is 17.0. The van der Waals surface area contributed by atoms with E-state index in [2.05, 4.69) is 28.1 Å². The number of carbonyl (C=O) groups is 1. The SMILES string of the molecule is CN1Cc2ccccc2C[C@]2(N=C(c3ccc(OCCCO)cc3)O[C@@H]2c2ccc(Br)cc2)C1=O. The highest BCUT2D eigenvalue weighted by molar-refractivity contribution is 9.10. The van der Waals surface area contributed by atoms with E-state index in [1.54, 1.807) is 4.90 Å². The van der Waals surface area contributed by atoms with E-state index in [-0.39, 0.29) is 12.5 Å². The van der Waals surface area contributed by atoms with Crippen molar-refractivity contribution in [2.45, 2.75) is 31.0 Å². The third-order valence-electron chi connectivity index (χ3n) is 6.51. The van der Waals surface area contributed by atoms with Crippen molar-refractivity contribution >= 4 is 27.7 Å². The molecular formula is C28H27BrN2O4. The molecule has 7 heteroatoms. The van der Waals surface area contributed by atoms with Crippen molar-refractivity contribution in [3.8, 4) is 5.75 Å². The van der Waals surface area contributed by atoms with Gasteiger partial charge in [0.15, 0.2) is 11.6 Å². The number of halogens is 1. The second-order valence-corrected chi connectivity index (χ2v) is 9.86. The van der Waals surface area contributed by atoms with Crippen molar-refractivity contribution in [1.29, 1.82) is 0 Å². The fraction of sp³-hybridized carbons (Fsp3) is 0.286. The molecule has 2 heterocycles. The van der Waals surface area contributed by atoms with Gasteiger partial charge < -0.3 is 19.5 Å². The molecule has 2 atom stereocenters. The minimum Gasteiger partial charge on any atom is -0.494 e. The maximum atomic E-state index is 14.0. The quantitative estimate of drug-likeness (QED) is 0.466. The number of carbonyl (C=O) groups excluding carboxylic acids is 1. The first-order valence-corrected chi connectivity index (χ1v) is 12.5. The molecule has 1 amide bonds. The normalized spacial score (nSPS) is 21.3. The highest BCUT2D eigenvalue weighted by Crippen LogP contribution is 2.45. The molecule has 0 aromatic heterocycles. The summed E-state index contributed by atoms with van der Waals surface area (Å²) in [6.45, 7) is 1.07. The largest absolute Gasteiger partial charge is 0.494 e. The third-order valence-corrected chi connectivity index (χ3v) is 7.04. The molecule has 0 saturated heterocycles. The van der Waals surface area contributed by atoms with Gasteiger partial charge in [0, 0.05) is 43.1 Å². The molecule has 3 aromatic carbocycles. The summed E-state index contributed by atoms with van der Waals surface area (Å²) in [7, 11) is 1.83. The van der Waals surface area contributed by atoms with Crippen molar-refractivity contribution in [1.82, 2.24) is 4.90 Å². The number of benzene rings is 3. The van der Waals surface area contributed by atoms with E-state index < -0.39 is 11.6 Å². The van der Waals surface area contributed by atoms with Crippen LogP contribution in [-0.4, -0.2) is 47.6 Å². The van der Waals surface area contributed by atoms with Crippen LogP contribution in [0.2, 0.25) is 0 Å². The number of aliphatic hydroxyl groups is 1. The van der Waals surface area contributed by atoms with Crippen LogP contribution in [0.25, 0.3) is 0 Å². The molecule has 1 N–H and O–H groups in total. The molecule has 0 unspecified atom stereocenters. The Morgan fingerprint density at radius 3 is 2.51 bits per heavy atom. The average Bonchev–Trinajstić information content (AvgIpc) is 3.21. The van der Waals surface area contributed by atoms with E-state index in [9.17, 15) is 4.79 Å². The zero-order chi connectivity index (χ0) is 24.4. The van der Waals surface area contributed by atoms with Crippen molar-refractivity contribution in [3.63, 3.8) is 0 Å². The summed E-state index contributed by atoms with van der Waals surface area (Å²) in [5.41, 5.74) is 2.81. The number of nitrogens with zero attached hydrogens (tertiary/aromatic N) is 2. The van der Waals surface area contributed by atoms with Crippen LogP contribution in [0.15, 0.2) is 82.3 Å². The molecular weight excluding hydrogens is 508 g/mol. The summed E-state index contributed by atoms with van der Waals surface area (Å²) in [5.74, 6) is 1.10. The third kappa shape index (κ3) is 4.58. The lowest BCUT2D eigenvalue weighted by molar-refractivity contribution is -0.138. The second kappa shape index (κ2) is 9.84. The number of ether oxygens (including phenoxy) is 2. The molecule has 0 fully saturated rings. The van der Waals surface area contributed by atoms with Crippen LogP contribution in [0, 0.1) is 0 Å². The van der Waals surface area contributed by atoms with Crippen LogP contribution in [0.1, 0.15) is 34.8 Å². The van der Waals surface area contributed by atoms with E-state index in [0.717, 1.165) is 26.7 Å². The van der Waals surface area contributed by atoms with Gasteiger partial charge >= 0.3 is 0 Å². The molecule has 35 heavy (non-hydrogen) atoms. The number of aliphatic hydroxyl groups excluding tert-OH is 1. The number of likely N-dealkylation sites (N-methyl/N-ethyl adjacent to an activating group) is 1. The highest BCUT2D eigenvalue weighted by atomic mass is 79.9. The van der Waals surface area contributed by atoms with E-state index >= 15 is 0 Å². The predicted octanol–water partition coefficient (Wildman–Crippen LogP) is 4.68. The van der Waals surface area contributed by atoms with Gasteiger partial charge in [0.25, 0.3) is 5.91 Å². The van der Waals surface area contributed by atoms with Gasteiger partial charge in [0.05, 0.1) is 6.61 Å². The first-order valence-electron chi connectivity index (χ1n) is 11.7. The van der Waals surface area contributed by atoms with Gasteiger partial charge in [-0.2, -0.15) is 0 Å². The van der Waals surface area contributed by atoms with Crippen LogP contribution in [0.5, 0.6) is 5.75 Å². The second-order valence-electron chi connectivity index (χ2n) is 8.95. The lowest BCUT2D eigenvalue weighted by Gasteiger charge is -2.31. The fourth-order valence-corrected chi connectivity index (χ4v) is 5.00. The lowest BCUT2D eigenvalue weighted by Crippen LogP contribution is -2.48. The van der Waals surface area contributed by atoms with Crippen molar-refractivity contribution < 1.29 is 19.4 Å². The topological polar surface area (TPSA) is 71.4 Å². The van der Waals surface area contributed by atoms with Gasteiger partial charge in [-0.05, 0) is 53.1 Å². The van der Waals surface area contributed by atoms with Crippen molar-refractivity contribution in [3.05, 3.63) is 99.5 Å². The fourth-order valence-electron chi connectivity index (χ4n) is 4.74. The van der Waals surface area contributed by atoms with E-state index in [0.29, 0.717) is 37.6 Å².